The molecule has 8 nitrogen and oxygen atoms in total. The van der Waals surface area contributed by atoms with Crippen molar-refractivity contribution in [2.75, 3.05) is 13.1 Å². The summed E-state index contributed by atoms with van der Waals surface area (Å²) in [6.07, 6.45) is 3.74. The van der Waals surface area contributed by atoms with Gasteiger partial charge >= 0.3 is 0 Å². The van der Waals surface area contributed by atoms with Gasteiger partial charge in [0, 0.05) is 56.4 Å². The zero-order valence-electron chi connectivity index (χ0n) is 36.1. The van der Waals surface area contributed by atoms with E-state index in [0.717, 1.165) is 89.0 Å². The number of benzene rings is 6. The number of para-hydroxylation sites is 2. The van der Waals surface area contributed by atoms with Crippen molar-refractivity contribution < 1.29 is 9.47 Å². The summed E-state index contributed by atoms with van der Waals surface area (Å²) in [6, 6.07) is 56.5. The maximum atomic E-state index is 6.09. The number of rotatable bonds is 7. The summed E-state index contributed by atoms with van der Waals surface area (Å²) in [4.78, 5) is 19.1. The van der Waals surface area contributed by atoms with Crippen LogP contribution in [0.4, 0.5) is 0 Å². The molecule has 64 heavy (non-hydrogen) atoms. The van der Waals surface area contributed by atoms with Gasteiger partial charge in [0.05, 0.1) is 57.7 Å². The first-order valence-corrected chi connectivity index (χ1v) is 21.8. The van der Waals surface area contributed by atoms with Gasteiger partial charge in [0.2, 0.25) is 11.8 Å². The van der Waals surface area contributed by atoms with Gasteiger partial charge in [0.1, 0.15) is 11.2 Å². The third kappa shape index (κ3) is 6.44. The van der Waals surface area contributed by atoms with Gasteiger partial charge in [0.25, 0.3) is 0 Å². The summed E-state index contributed by atoms with van der Waals surface area (Å²) < 4.78 is 16.9. The highest BCUT2D eigenvalue weighted by Gasteiger charge is 2.29. The molecule has 0 spiro atoms. The Balaban J connectivity index is 0.981. The van der Waals surface area contributed by atoms with Gasteiger partial charge in [-0.25, -0.2) is 9.98 Å². The predicted octanol–water partition coefficient (Wildman–Crippen LogP) is 12.8. The van der Waals surface area contributed by atoms with Gasteiger partial charge in [-0.05, 0) is 136 Å². The molecule has 0 saturated carbocycles. The van der Waals surface area contributed by atoms with Crippen LogP contribution in [0, 0.1) is 0 Å². The molecule has 0 N–H and O–H groups in total. The van der Waals surface area contributed by atoms with E-state index in [4.69, 9.17) is 19.4 Å². The fourth-order valence-electron chi connectivity index (χ4n) is 9.29. The first-order valence-electron chi connectivity index (χ1n) is 21.8. The SMILES string of the molecule is CC1(C)CN=C(c2ccc(-c3ccc4c(c3)c3cc(-c5ccc6c(c5)c5cc(-c7ccc(C8=NCC(C)(C)O8)cn7)ccc5n6-c5ccccc5)ccc3n4-c3ccccc3)nc2)O1. The van der Waals surface area contributed by atoms with E-state index in [9.17, 15) is 0 Å². The average Bonchev–Trinajstić information content (AvgIpc) is 4.08. The fourth-order valence-corrected chi connectivity index (χ4v) is 9.29. The molecule has 2 aliphatic rings. The van der Waals surface area contributed by atoms with E-state index in [2.05, 4.69) is 205 Å². The molecule has 6 heterocycles. The molecule has 6 aromatic carbocycles. The number of nitrogens with zero attached hydrogens (tertiary/aromatic N) is 6. The summed E-state index contributed by atoms with van der Waals surface area (Å²) in [5.74, 6) is 1.30. The topological polar surface area (TPSA) is 78.8 Å². The quantitative estimate of drug-likeness (QED) is 0.160. The van der Waals surface area contributed by atoms with Crippen molar-refractivity contribution in [3.8, 4) is 45.0 Å². The van der Waals surface area contributed by atoms with E-state index in [1.54, 1.807) is 0 Å². The van der Waals surface area contributed by atoms with Crippen molar-refractivity contribution in [1.82, 2.24) is 19.1 Å². The molecule has 0 fully saturated rings. The van der Waals surface area contributed by atoms with Gasteiger partial charge in [-0.15, -0.1) is 0 Å². The normalized spacial score (nSPS) is 15.4. The van der Waals surface area contributed by atoms with Crippen molar-refractivity contribution in [3.05, 3.63) is 181 Å². The highest BCUT2D eigenvalue weighted by Crippen LogP contribution is 2.40. The van der Waals surface area contributed by atoms with Gasteiger partial charge in [-0.1, -0.05) is 60.7 Å². The maximum absolute atomic E-state index is 6.09. The van der Waals surface area contributed by atoms with Crippen molar-refractivity contribution in [1.29, 1.82) is 0 Å². The Labute approximate surface area is 370 Å². The Hall–Kier alpha value is -7.84. The lowest BCUT2D eigenvalue weighted by Crippen LogP contribution is -2.24. The van der Waals surface area contributed by atoms with Crippen molar-refractivity contribution in [2.45, 2.75) is 38.9 Å². The van der Waals surface area contributed by atoms with E-state index in [1.165, 1.54) is 10.8 Å². The van der Waals surface area contributed by atoms with Crippen LogP contribution in [0.15, 0.2) is 180 Å². The molecule has 0 aliphatic carbocycles. The molecule has 8 heteroatoms. The molecule has 0 atom stereocenters. The molecular weight excluding hydrogens is 789 g/mol. The Kier molecular flexibility index (Phi) is 8.50. The third-order valence-corrected chi connectivity index (χ3v) is 12.5. The average molecular weight is 833 g/mol. The minimum absolute atomic E-state index is 0.299. The Morgan fingerprint density at radius 3 is 1.06 bits per heavy atom. The first-order chi connectivity index (χ1) is 31.1. The number of aromatic nitrogens is 4. The van der Waals surface area contributed by atoms with E-state index in [-0.39, 0.29) is 11.2 Å². The zero-order valence-corrected chi connectivity index (χ0v) is 36.1. The van der Waals surface area contributed by atoms with Gasteiger partial charge in [0.15, 0.2) is 0 Å². The lowest BCUT2D eigenvalue weighted by atomic mass is 9.99. The van der Waals surface area contributed by atoms with E-state index < -0.39 is 0 Å². The minimum Gasteiger partial charge on any atom is -0.469 e. The molecule has 0 radical (unpaired) electrons. The largest absolute Gasteiger partial charge is 0.469 e. The van der Waals surface area contributed by atoms with Crippen LogP contribution in [-0.2, 0) is 9.47 Å². The highest BCUT2D eigenvalue weighted by atomic mass is 16.5. The molecule has 4 aromatic heterocycles. The van der Waals surface area contributed by atoms with Crippen LogP contribution in [0.2, 0.25) is 0 Å². The van der Waals surface area contributed by atoms with E-state index in [1.807, 2.05) is 12.4 Å². The molecule has 0 saturated heterocycles. The standard InChI is InChI=1S/C56H44N6O2/c1-55(2)33-59-53(63-55)39-15-21-47(57-31-39)37-19-25-51-45(29-37)43-27-35(17-23-49(43)61(51)41-11-7-5-8-12-41)36-18-24-50-44(28-36)46-30-38(20-26-52(46)62(50)42-13-9-6-10-14-42)48-22-16-40(32-58-48)54-60-34-56(3,4)64-54/h5-32H,33-34H2,1-4H3. The molecule has 12 rings (SSSR count). The maximum Gasteiger partial charge on any atom is 0.218 e. The van der Waals surface area contributed by atoms with E-state index in [0.29, 0.717) is 24.9 Å². The monoisotopic (exact) mass is 832 g/mol. The molecule has 2 aliphatic heterocycles. The van der Waals surface area contributed by atoms with Crippen molar-refractivity contribution in [3.63, 3.8) is 0 Å². The van der Waals surface area contributed by atoms with Crippen LogP contribution in [0.25, 0.3) is 88.6 Å². The number of hydrogen-bond donors (Lipinski definition) is 0. The van der Waals surface area contributed by atoms with Crippen LogP contribution in [0.5, 0.6) is 0 Å². The number of ether oxygens (including phenoxy) is 2. The van der Waals surface area contributed by atoms with Gasteiger partial charge < -0.3 is 18.6 Å². The lowest BCUT2D eigenvalue weighted by Gasteiger charge is -2.17. The fraction of sp³-hybridized carbons (Fsp3) is 0.143. The van der Waals surface area contributed by atoms with Gasteiger partial charge in [-0.3, -0.25) is 9.97 Å². The molecule has 310 valence electrons. The number of aliphatic imine (C=N–C) groups is 2. The van der Waals surface area contributed by atoms with Crippen LogP contribution < -0.4 is 0 Å². The third-order valence-electron chi connectivity index (χ3n) is 12.5. The number of fused-ring (bicyclic) bond motifs is 6. The summed E-state index contributed by atoms with van der Waals surface area (Å²) in [6.45, 7) is 9.50. The second kappa shape index (κ2) is 14.4. The number of hydrogen-bond acceptors (Lipinski definition) is 6. The summed E-state index contributed by atoms with van der Waals surface area (Å²) in [7, 11) is 0. The Morgan fingerprint density at radius 1 is 0.391 bits per heavy atom. The van der Waals surface area contributed by atoms with Crippen LogP contribution in [-0.4, -0.2) is 55.2 Å². The summed E-state index contributed by atoms with van der Waals surface area (Å²) in [5, 5.41) is 4.67. The van der Waals surface area contributed by atoms with Crippen LogP contribution >= 0.6 is 0 Å². The van der Waals surface area contributed by atoms with Crippen molar-refractivity contribution in [2.24, 2.45) is 9.98 Å². The first kappa shape index (κ1) is 37.9. The second-order valence-electron chi connectivity index (χ2n) is 18.1. The molecule has 0 unspecified atom stereocenters. The molecule has 10 aromatic rings. The van der Waals surface area contributed by atoms with E-state index >= 15 is 0 Å². The second-order valence-corrected chi connectivity index (χ2v) is 18.1. The number of pyridine rings is 2. The van der Waals surface area contributed by atoms with Gasteiger partial charge in [-0.2, -0.15) is 0 Å². The zero-order chi connectivity index (χ0) is 43.2. The predicted molar refractivity (Wildman–Crippen MR) is 260 cm³/mol. The smallest absolute Gasteiger partial charge is 0.218 e. The molecule has 0 bridgehead atoms. The molecular formula is C56H44N6O2. The van der Waals surface area contributed by atoms with Crippen molar-refractivity contribution >= 4 is 55.4 Å². The van der Waals surface area contributed by atoms with Crippen LogP contribution in [0.1, 0.15) is 38.8 Å². The Morgan fingerprint density at radius 2 is 0.734 bits per heavy atom. The molecule has 0 amide bonds. The Bertz CT molecular complexity index is 3290. The summed E-state index contributed by atoms with van der Waals surface area (Å²) in [5.41, 5.74) is 14.1. The lowest BCUT2D eigenvalue weighted by molar-refractivity contribution is 0.131. The highest BCUT2D eigenvalue weighted by molar-refractivity contribution is 6.14. The van der Waals surface area contributed by atoms with Crippen LogP contribution in [0.3, 0.4) is 0 Å². The minimum atomic E-state index is -0.299. The summed E-state index contributed by atoms with van der Waals surface area (Å²) >= 11 is 0.